The van der Waals surface area contributed by atoms with Gasteiger partial charge in [0, 0.05) is 12.0 Å². The molecule has 3 rings (SSSR count). The maximum Gasteiger partial charge on any atom is 0.347 e. The van der Waals surface area contributed by atoms with Crippen molar-refractivity contribution in [1.82, 2.24) is 0 Å². The first kappa shape index (κ1) is 17.7. The number of aryl methyl sites for hydroxylation is 1. The number of carbonyl (C=O) groups is 2. The minimum absolute atomic E-state index is 0.0281. The van der Waals surface area contributed by atoms with Crippen LogP contribution in [-0.4, -0.2) is 24.0 Å². The zero-order chi connectivity index (χ0) is 18.0. The fourth-order valence-electron chi connectivity index (χ4n) is 3.54. The van der Waals surface area contributed by atoms with E-state index in [1.807, 2.05) is 26.0 Å². The number of carbonyl (C=O) groups excluding carboxylic acids is 2. The van der Waals surface area contributed by atoms with E-state index in [4.69, 9.17) is 9.47 Å². The average molecular weight is 342 g/mol. The van der Waals surface area contributed by atoms with E-state index in [9.17, 15) is 9.59 Å². The highest BCUT2D eigenvalue weighted by Crippen LogP contribution is 2.33. The molecule has 1 aromatic rings. The molecule has 1 aromatic carbocycles. The second-order valence-corrected chi connectivity index (χ2v) is 7.07. The number of ketones is 1. The first-order chi connectivity index (χ1) is 12.0. The van der Waals surface area contributed by atoms with Crippen molar-refractivity contribution in [2.45, 2.75) is 71.0 Å². The van der Waals surface area contributed by atoms with Gasteiger partial charge in [0.15, 0.2) is 11.9 Å². The molecule has 1 heterocycles. The summed E-state index contributed by atoms with van der Waals surface area (Å²) in [5.74, 6) is 0.365. The van der Waals surface area contributed by atoms with Crippen LogP contribution in [0.15, 0.2) is 24.3 Å². The largest absolute Gasteiger partial charge is 0.478 e. The number of allylic oxidation sites excluding steroid dienone is 1. The lowest BCUT2D eigenvalue weighted by atomic mass is 9.95. The zero-order valence-corrected chi connectivity index (χ0v) is 15.1. The molecule has 134 valence electrons. The standard InChI is InChI=1S/C21H26O4/c1-4-13(2)20(22)17-11-15-12-19(25-18(15)10-14(17)3)21(23)24-16-8-6-5-7-9-16/h10-11,16,19H,2,4-9,12H2,1,3H3. The molecule has 1 aliphatic carbocycles. The van der Waals surface area contributed by atoms with Gasteiger partial charge in [-0.3, -0.25) is 4.79 Å². The second-order valence-electron chi connectivity index (χ2n) is 7.07. The Labute approximate surface area is 149 Å². The van der Waals surface area contributed by atoms with Crippen LogP contribution in [0, 0.1) is 6.92 Å². The van der Waals surface area contributed by atoms with E-state index in [0.29, 0.717) is 29.7 Å². The summed E-state index contributed by atoms with van der Waals surface area (Å²) in [5.41, 5.74) is 2.98. The van der Waals surface area contributed by atoms with Gasteiger partial charge in [0.2, 0.25) is 0 Å². The molecule has 1 atom stereocenters. The van der Waals surface area contributed by atoms with Gasteiger partial charge in [0.25, 0.3) is 0 Å². The summed E-state index contributed by atoms with van der Waals surface area (Å²) in [5, 5.41) is 0. The fraction of sp³-hybridized carbons (Fsp3) is 0.524. The minimum atomic E-state index is -0.601. The number of esters is 1. The minimum Gasteiger partial charge on any atom is -0.478 e. The number of hydrogen-bond acceptors (Lipinski definition) is 4. The summed E-state index contributed by atoms with van der Waals surface area (Å²) in [6, 6.07) is 3.70. The van der Waals surface area contributed by atoms with E-state index in [1.54, 1.807) is 0 Å². The van der Waals surface area contributed by atoms with Gasteiger partial charge in [-0.05, 0) is 67.9 Å². The third-order valence-electron chi connectivity index (χ3n) is 5.17. The van der Waals surface area contributed by atoms with Crippen molar-refractivity contribution in [3.05, 3.63) is 41.0 Å². The van der Waals surface area contributed by atoms with E-state index >= 15 is 0 Å². The van der Waals surface area contributed by atoms with Gasteiger partial charge in [0.1, 0.15) is 11.9 Å². The van der Waals surface area contributed by atoms with Crippen molar-refractivity contribution in [2.75, 3.05) is 0 Å². The van der Waals surface area contributed by atoms with E-state index in [2.05, 4.69) is 6.58 Å². The molecule has 2 aliphatic rings. The molecular weight excluding hydrogens is 316 g/mol. The molecule has 1 aliphatic heterocycles. The van der Waals surface area contributed by atoms with Crippen LogP contribution < -0.4 is 4.74 Å². The lowest BCUT2D eigenvalue weighted by Crippen LogP contribution is -2.32. The molecule has 1 unspecified atom stereocenters. The second kappa shape index (κ2) is 7.42. The van der Waals surface area contributed by atoms with Gasteiger partial charge >= 0.3 is 5.97 Å². The third kappa shape index (κ3) is 3.78. The monoisotopic (exact) mass is 342 g/mol. The Morgan fingerprint density at radius 1 is 1.24 bits per heavy atom. The van der Waals surface area contributed by atoms with Crippen LogP contribution in [0.3, 0.4) is 0 Å². The van der Waals surface area contributed by atoms with Crippen molar-refractivity contribution in [3.8, 4) is 5.75 Å². The van der Waals surface area contributed by atoms with Crippen LogP contribution in [0.1, 0.15) is 66.9 Å². The molecule has 0 spiro atoms. The molecule has 0 aromatic heterocycles. The number of Topliss-reactive ketones (excluding diaryl/α,β-unsaturated/α-hetero) is 1. The number of fused-ring (bicyclic) bond motifs is 1. The zero-order valence-electron chi connectivity index (χ0n) is 15.1. The van der Waals surface area contributed by atoms with Gasteiger partial charge in [-0.2, -0.15) is 0 Å². The van der Waals surface area contributed by atoms with Crippen LogP contribution in [0.2, 0.25) is 0 Å². The first-order valence-electron chi connectivity index (χ1n) is 9.22. The lowest BCUT2D eigenvalue weighted by Gasteiger charge is -2.23. The number of hydrogen-bond donors (Lipinski definition) is 0. The molecule has 0 radical (unpaired) electrons. The van der Waals surface area contributed by atoms with Gasteiger partial charge in [-0.1, -0.05) is 19.9 Å². The predicted octanol–water partition coefficient (Wildman–Crippen LogP) is 4.32. The highest BCUT2D eigenvalue weighted by Gasteiger charge is 2.33. The molecular formula is C21H26O4. The molecule has 0 saturated heterocycles. The molecule has 1 saturated carbocycles. The Morgan fingerprint density at radius 3 is 2.64 bits per heavy atom. The van der Waals surface area contributed by atoms with Gasteiger partial charge in [-0.25, -0.2) is 4.79 Å². The Kier molecular flexibility index (Phi) is 5.26. The summed E-state index contributed by atoms with van der Waals surface area (Å²) in [4.78, 5) is 24.9. The summed E-state index contributed by atoms with van der Waals surface area (Å²) in [7, 11) is 0. The van der Waals surface area contributed by atoms with Gasteiger partial charge in [0.05, 0.1) is 0 Å². The highest BCUT2D eigenvalue weighted by molar-refractivity contribution is 6.09. The van der Waals surface area contributed by atoms with Crippen LogP contribution in [-0.2, 0) is 16.0 Å². The average Bonchev–Trinajstić information content (AvgIpc) is 3.03. The number of ether oxygens (including phenoxy) is 2. The van der Waals surface area contributed by atoms with E-state index < -0.39 is 6.10 Å². The third-order valence-corrected chi connectivity index (χ3v) is 5.17. The maximum atomic E-state index is 12.4. The van der Waals surface area contributed by atoms with Crippen LogP contribution in [0.25, 0.3) is 0 Å². The van der Waals surface area contributed by atoms with Crippen molar-refractivity contribution in [1.29, 1.82) is 0 Å². The van der Waals surface area contributed by atoms with Crippen molar-refractivity contribution in [3.63, 3.8) is 0 Å². The molecule has 0 amide bonds. The van der Waals surface area contributed by atoms with Crippen LogP contribution in [0.5, 0.6) is 5.75 Å². The number of benzene rings is 1. The Balaban J connectivity index is 1.70. The molecule has 25 heavy (non-hydrogen) atoms. The van der Waals surface area contributed by atoms with E-state index in [-0.39, 0.29) is 17.9 Å². The Morgan fingerprint density at radius 2 is 1.96 bits per heavy atom. The fourth-order valence-corrected chi connectivity index (χ4v) is 3.54. The lowest BCUT2D eigenvalue weighted by molar-refractivity contribution is -0.158. The molecule has 0 N–H and O–H groups in total. The molecule has 0 bridgehead atoms. The van der Waals surface area contributed by atoms with Gasteiger partial charge in [-0.15, -0.1) is 0 Å². The van der Waals surface area contributed by atoms with Crippen LogP contribution >= 0.6 is 0 Å². The summed E-state index contributed by atoms with van der Waals surface area (Å²) in [6.45, 7) is 7.64. The normalized spacial score (nSPS) is 19.8. The Bertz CT molecular complexity index is 698. The predicted molar refractivity (Wildman–Crippen MR) is 96.0 cm³/mol. The summed E-state index contributed by atoms with van der Waals surface area (Å²) in [6.07, 6.45) is 5.87. The van der Waals surface area contributed by atoms with E-state index in [1.165, 1.54) is 6.42 Å². The van der Waals surface area contributed by atoms with Crippen molar-refractivity contribution in [2.24, 2.45) is 0 Å². The maximum absolute atomic E-state index is 12.4. The van der Waals surface area contributed by atoms with Crippen LogP contribution in [0.4, 0.5) is 0 Å². The molecule has 4 heteroatoms. The van der Waals surface area contributed by atoms with Crippen molar-refractivity contribution < 1.29 is 19.1 Å². The SMILES string of the molecule is C=C(CC)C(=O)c1cc2c(cc1C)OC(C(=O)OC1CCCCC1)C2. The topological polar surface area (TPSA) is 52.6 Å². The van der Waals surface area contributed by atoms with Gasteiger partial charge < -0.3 is 9.47 Å². The smallest absolute Gasteiger partial charge is 0.347 e. The van der Waals surface area contributed by atoms with E-state index in [0.717, 1.165) is 36.8 Å². The highest BCUT2D eigenvalue weighted by atomic mass is 16.6. The van der Waals surface area contributed by atoms with Crippen molar-refractivity contribution >= 4 is 11.8 Å². The Hall–Kier alpha value is -2.10. The number of rotatable bonds is 5. The summed E-state index contributed by atoms with van der Waals surface area (Å²) < 4.78 is 11.4. The molecule has 1 fully saturated rings. The summed E-state index contributed by atoms with van der Waals surface area (Å²) >= 11 is 0. The quantitative estimate of drug-likeness (QED) is 0.454. The molecule has 4 nitrogen and oxygen atoms in total. The first-order valence-corrected chi connectivity index (χ1v) is 9.22.